The molecule has 0 radical (unpaired) electrons. The van der Waals surface area contributed by atoms with Crippen LogP contribution in [0.25, 0.3) is 10.1 Å². The Morgan fingerprint density at radius 3 is 2.67 bits per heavy atom. The predicted molar refractivity (Wildman–Crippen MR) is 112 cm³/mol. The maximum absolute atomic E-state index is 13.4. The van der Waals surface area contributed by atoms with Crippen LogP contribution >= 0.6 is 46.5 Å². The number of benzene rings is 2. The van der Waals surface area contributed by atoms with Crippen molar-refractivity contribution in [1.29, 1.82) is 0 Å². The molecule has 3 aromatic rings. The maximum Gasteiger partial charge on any atom is 0.355 e. The summed E-state index contributed by atoms with van der Waals surface area (Å²) in [5.41, 5.74) is 1.13. The summed E-state index contributed by atoms with van der Waals surface area (Å²) in [6.07, 6.45) is 0. The molecule has 3 nitrogen and oxygen atoms in total. The molecule has 1 aliphatic rings. The summed E-state index contributed by atoms with van der Waals surface area (Å²) in [5, 5.41) is 0.905. The van der Waals surface area contributed by atoms with Crippen LogP contribution in [-0.4, -0.2) is 24.6 Å². The molecule has 140 valence electrons. The first kappa shape index (κ1) is 18.9. The molecule has 27 heavy (non-hydrogen) atoms. The van der Waals surface area contributed by atoms with E-state index in [2.05, 4.69) is 0 Å². The molecule has 0 amide bonds. The molecule has 1 saturated heterocycles. The number of methoxy groups -OCH3 is 1. The minimum absolute atomic E-state index is 0.241. The van der Waals surface area contributed by atoms with E-state index in [1.165, 1.54) is 12.1 Å². The van der Waals surface area contributed by atoms with Crippen molar-refractivity contribution >= 4 is 62.5 Å². The van der Waals surface area contributed by atoms with Crippen LogP contribution in [0.1, 0.15) is 19.8 Å². The van der Waals surface area contributed by atoms with Gasteiger partial charge in [0, 0.05) is 21.6 Å². The monoisotopic (exact) mass is 440 g/mol. The third kappa shape index (κ3) is 3.78. The number of rotatable bonds is 4. The maximum atomic E-state index is 13.4. The van der Waals surface area contributed by atoms with E-state index in [1.54, 1.807) is 19.2 Å². The fourth-order valence-electron chi connectivity index (χ4n) is 2.78. The summed E-state index contributed by atoms with van der Waals surface area (Å²) in [6.45, 7) is 0. The Morgan fingerprint density at radius 1 is 1.15 bits per heavy atom. The van der Waals surface area contributed by atoms with Crippen molar-refractivity contribution in [2.24, 2.45) is 0 Å². The number of halogens is 2. The minimum Gasteiger partial charge on any atom is -0.493 e. The average Bonchev–Trinajstić information content (AvgIpc) is 3.30. The molecule has 0 bridgehead atoms. The Bertz CT molecular complexity index is 1010. The lowest BCUT2D eigenvalue weighted by Gasteiger charge is -2.13. The van der Waals surface area contributed by atoms with E-state index in [1.807, 2.05) is 35.7 Å². The Hall–Kier alpha value is -1.41. The topological polar surface area (TPSA) is 35.5 Å². The van der Waals surface area contributed by atoms with E-state index in [-0.39, 0.29) is 15.7 Å². The molecule has 0 unspecified atom stereocenters. The smallest absolute Gasteiger partial charge is 0.355 e. The number of thioether (sulfide) groups is 2. The molecule has 0 saturated carbocycles. The van der Waals surface area contributed by atoms with Crippen molar-refractivity contribution in [3.8, 4) is 11.5 Å². The second-order valence-electron chi connectivity index (χ2n) is 5.76. The van der Waals surface area contributed by atoms with Crippen LogP contribution in [0.5, 0.6) is 11.5 Å². The highest BCUT2D eigenvalue weighted by Crippen LogP contribution is 2.47. The third-order valence-corrected chi connectivity index (χ3v) is 8.80. The van der Waals surface area contributed by atoms with E-state index < -0.39 is 5.97 Å². The van der Waals surface area contributed by atoms with E-state index >= 15 is 0 Å². The van der Waals surface area contributed by atoms with Gasteiger partial charge >= 0.3 is 5.97 Å². The number of hydrogen-bond acceptors (Lipinski definition) is 6. The number of hydrogen-bond donors (Lipinski definition) is 0. The Labute approximate surface area is 173 Å². The van der Waals surface area contributed by atoms with Gasteiger partial charge in [-0.15, -0.1) is 34.9 Å². The summed E-state index contributed by atoms with van der Waals surface area (Å²) >= 11 is 11.2. The Morgan fingerprint density at radius 2 is 1.93 bits per heavy atom. The first-order valence-corrected chi connectivity index (χ1v) is 11.4. The number of ether oxygens (including phenoxy) is 2. The second kappa shape index (κ2) is 7.91. The SMILES string of the molecule is COc1cc(C2SCCS2)ccc1OC(=O)c1sc2cc(F)ccc2c1Cl. The van der Waals surface area contributed by atoms with Gasteiger partial charge in [0.25, 0.3) is 0 Å². The summed E-state index contributed by atoms with van der Waals surface area (Å²) in [5.74, 6) is 2.12. The zero-order valence-corrected chi connectivity index (χ0v) is 17.4. The molecule has 2 heterocycles. The quantitative estimate of drug-likeness (QED) is 0.346. The fraction of sp³-hybridized carbons (Fsp3) is 0.211. The summed E-state index contributed by atoms with van der Waals surface area (Å²) in [7, 11) is 1.54. The molecule has 1 aromatic heterocycles. The van der Waals surface area contributed by atoms with Gasteiger partial charge in [0.15, 0.2) is 11.5 Å². The van der Waals surface area contributed by atoms with Crippen molar-refractivity contribution in [1.82, 2.24) is 0 Å². The molecule has 4 rings (SSSR count). The lowest BCUT2D eigenvalue weighted by Crippen LogP contribution is -2.08. The van der Waals surface area contributed by atoms with Crippen LogP contribution < -0.4 is 9.47 Å². The number of carbonyl (C=O) groups excluding carboxylic acids is 1. The lowest BCUT2D eigenvalue weighted by atomic mass is 10.2. The minimum atomic E-state index is -0.586. The molecular formula is C19H14ClFO3S3. The summed E-state index contributed by atoms with van der Waals surface area (Å²) < 4.78 is 25.3. The van der Waals surface area contributed by atoms with E-state index in [9.17, 15) is 9.18 Å². The zero-order valence-electron chi connectivity index (χ0n) is 14.2. The summed E-state index contributed by atoms with van der Waals surface area (Å²) in [4.78, 5) is 12.9. The Balaban J connectivity index is 1.61. The van der Waals surface area contributed by atoms with Gasteiger partial charge < -0.3 is 9.47 Å². The van der Waals surface area contributed by atoms with Crippen LogP contribution in [0.2, 0.25) is 5.02 Å². The molecule has 1 fully saturated rings. The highest BCUT2D eigenvalue weighted by molar-refractivity contribution is 8.19. The van der Waals surface area contributed by atoms with Crippen molar-refractivity contribution in [3.63, 3.8) is 0 Å². The molecular weight excluding hydrogens is 427 g/mol. The van der Waals surface area contributed by atoms with Crippen LogP contribution in [0.3, 0.4) is 0 Å². The van der Waals surface area contributed by atoms with Crippen LogP contribution in [0.15, 0.2) is 36.4 Å². The largest absolute Gasteiger partial charge is 0.493 e. The van der Waals surface area contributed by atoms with Gasteiger partial charge in [0.2, 0.25) is 0 Å². The van der Waals surface area contributed by atoms with Gasteiger partial charge in [-0.1, -0.05) is 17.7 Å². The van der Waals surface area contributed by atoms with Crippen molar-refractivity contribution in [2.45, 2.75) is 4.58 Å². The lowest BCUT2D eigenvalue weighted by molar-refractivity contribution is 0.0735. The average molecular weight is 441 g/mol. The van der Waals surface area contributed by atoms with Gasteiger partial charge in [0.05, 0.1) is 16.7 Å². The van der Waals surface area contributed by atoms with E-state index in [0.29, 0.717) is 26.2 Å². The number of esters is 1. The number of thiophene rings is 1. The number of carbonyl (C=O) groups is 1. The van der Waals surface area contributed by atoms with Crippen molar-refractivity contribution < 1.29 is 18.7 Å². The number of fused-ring (bicyclic) bond motifs is 1. The standard InChI is InChI=1S/C19H14ClFO3S3/c1-23-14-8-10(19-25-6-7-26-19)2-5-13(14)24-18(22)17-16(20)12-4-3-11(21)9-15(12)27-17/h2-5,8-9,19H,6-7H2,1H3. The highest BCUT2D eigenvalue weighted by atomic mass is 35.5. The fourth-order valence-corrected chi connectivity index (χ4v) is 7.03. The van der Waals surface area contributed by atoms with E-state index in [4.69, 9.17) is 21.1 Å². The molecule has 1 aliphatic heterocycles. The van der Waals surface area contributed by atoms with Gasteiger partial charge in [-0.2, -0.15) is 0 Å². The van der Waals surface area contributed by atoms with Gasteiger partial charge in [-0.05, 0) is 35.9 Å². The predicted octanol–water partition coefficient (Wildman–Crippen LogP) is 6.40. The highest BCUT2D eigenvalue weighted by Gasteiger charge is 2.23. The van der Waals surface area contributed by atoms with Gasteiger partial charge in [-0.3, -0.25) is 0 Å². The first-order valence-electron chi connectivity index (χ1n) is 8.07. The zero-order chi connectivity index (χ0) is 19.0. The molecule has 0 aliphatic carbocycles. The summed E-state index contributed by atoms with van der Waals surface area (Å²) in [6, 6.07) is 9.83. The van der Waals surface area contributed by atoms with Gasteiger partial charge in [-0.25, -0.2) is 9.18 Å². The molecule has 0 spiro atoms. The molecule has 0 N–H and O–H groups in total. The van der Waals surface area contributed by atoms with Crippen LogP contribution in [-0.2, 0) is 0 Å². The second-order valence-corrected chi connectivity index (χ2v) is 9.91. The first-order chi connectivity index (χ1) is 13.1. The van der Waals surface area contributed by atoms with E-state index in [0.717, 1.165) is 28.4 Å². The molecule has 0 atom stereocenters. The Kier molecular flexibility index (Phi) is 5.55. The third-order valence-electron chi connectivity index (χ3n) is 4.06. The van der Waals surface area contributed by atoms with Crippen molar-refractivity contribution in [3.05, 3.63) is 57.7 Å². The van der Waals surface area contributed by atoms with Gasteiger partial charge in [0.1, 0.15) is 10.7 Å². The van der Waals surface area contributed by atoms with Crippen molar-refractivity contribution in [2.75, 3.05) is 18.6 Å². The normalized spacial score (nSPS) is 14.6. The van der Waals surface area contributed by atoms with Crippen LogP contribution in [0.4, 0.5) is 4.39 Å². The molecule has 8 heteroatoms. The molecule has 2 aromatic carbocycles. The van der Waals surface area contributed by atoms with Crippen LogP contribution in [0, 0.1) is 5.82 Å².